The molecule has 1 aliphatic heterocycles. The van der Waals surface area contributed by atoms with Gasteiger partial charge in [0.1, 0.15) is 5.76 Å². The van der Waals surface area contributed by atoms with Crippen molar-refractivity contribution < 1.29 is 23.5 Å². The van der Waals surface area contributed by atoms with Gasteiger partial charge >= 0.3 is 5.97 Å². The van der Waals surface area contributed by atoms with Crippen LogP contribution in [0.4, 0.5) is 0 Å². The van der Waals surface area contributed by atoms with E-state index >= 15 is 0 Å². The van der Waals surface area contributed by atoms with E-state index < -0.39 is 18.0 Å². The molecule has 1 aromatic heterocycles. The fourth-order valence-electron chi connectivity index (χ4n) is 3.04. The molecule has 1 fully saturated rings. The molecule has 2 amide bonds. The molecular weight excluding hydrogens is 360 g/mol. The fraction of sp³-hybridized carbons (Fsp3) is 0.381. The van der Waals surface area contributed by atoms with Gasteiger partial charge in [-0.1, -0.05) is 29.8 Å². The normalized spacial score (nSPS) is 17.4. The maximum absolute atomic E-state index is 12.4. The van der Waals surface area contributed by atoms with Gasteiger partial charge in [0.25, 0.3) is 5.91 Å². The molecule has 0 bridgehead atoms. The Morgan fingerprint density at radius 2 is 2.04 bits per heavy atom. The van der Waals surface area contributed by atoms with Crippen LogP contribution >= 0.6 is 0 Å². The zero-order chi connectivity index (χ0) is 20.1. The first-order valence-corrected chi connectivity index (χ1v) is 9.26. The van der Waals surface area contributed by atoms with Crippen molar-refractivity contribution in [2.45, 2.75) is 39.5 Å². The first kappa shape index (κ1) is 19.7. The van der Waals surface area contributed by atoms with Gasteiger partial charge in [-0.15, -0.1) is 0 Å². The summed E-state index contributed by atoms with van der Waals surface area (Å²) in [5, 5.41) is 2.76. The lowest BCUT2D eigenvalue weighted by Crippen LogP contribution is -2.37. The van der Waals surface area contributed by atoms with Gasteiger partial charge in [0.05, 0.1) is 18.7 Å². The van der Waals surface area contributed by atoms with Crippen LogP contribution in [0.15, 0.2) is 47.1 Å². The number of hydrogen-bond donors (Lipinski definition) is 1. The molecule has 3 rings (SSSR count). The van der Waals surface area contributed by atoms with Crippen LogP contribution in [0.2, 0.25) is 0 Å². The quantitative estimate of drug-likeness (QED) is 0.739. The Balaban J connectivity index is 1.46. The summed E-state index contributed by atoms with van der Waals surface area (Å²) >= 11 is 0. The molecule has 7 heteroatoms. The third kappa shape index (κ3) is 5.00. The topological polar surface area (TPSA) is 88.8 Å². The van der Waals surface area contributed by atoms with Crippen LogP contribution in [0.3, 0.4) is 0 Å². The van der Waals surface area contributed by atoms with E-state index in [9.17, 15) is 14.4 Å². The molecule has 0 saturated carbocycles. The summed E-state index contributed by atoms with van der Waals surface area (Å²) < 4.78 is 10.5. The highest BCUT2D eigenvalue weighted by atomic mass is 16.5. The van der Waals surface area contributed by atoms with E-state index in [1.165, 1.54) is 6.92 Å². The average Bonchev–Trinajstić information content (AvgIpc) is 3.31. The highest BCUT2D eigenvalue weighted by Gasteiger charge is 2.36. The number of esters is 1. The Bertz CT molecular complexity index is 829. The molecule has 0 unspecified atom stereocenters. The van der Waals surface area contributed by atoms with Crippen LogP contribution in [0.25, 0.3) is 0 Å². The van der Waals surface area contributed by atoms with Crippen LogP contribution in [0.1, 0.15) is 30.2 Å². The molecule has 0 spiro atoms. The van der Waals surface area contributed by atoms with Gasteiger partial charge in [0.2, 0.25) is 5.91 Å². The van der Waals surface area contributed by atoms with Crippen LogP contribution in [-0.4, -0.2) is 35.3 Å². The van der Waals surface area contributed by atoms with E-state index in [2.05, 4.69) is 5.32 Å². The zero-order valence-corrected chi connectivity index (χ0v) is 16.0. The van der Waals surface area contributed by atoms with Crippen molar-refractivity contribution in [1.29, 1.82) is 0 Å². The molecule has 2 heterocycles. The van der Waals surface area contributed by atoms with E-state index in [4.69, 9.17) is 9.15 Å². The van der Waals surface area contributed by atoms with Gasteiger partial charge in [0, 0.05) is 19.5 Å². The standard InChI is InChI=1S/C21H24N2O5/c1-14-5-7-16(8-6-14)11-22-20(25)15(2)28-21(26)17-10-19(24)23(12-17)13-18-4-3-9-27-18/h3-9,15,17H,10-13H2,1-2H3,(H,22,25)/t15-,17-/m0/s1. The van der Waals surface area contributed by atoms with Gasteiger partial charge in [0.15, 0.2) is 6.10 Å². The number of carbonyl (C=O) groups is 3. The molecule has 1 aliphatic rings. The van der Waals surface area contributed by atoms with Crippen LogP contribution < -0.4 is 5.32 Å². The van der Waals surface area contributed by atoms with Crippen molar-refractivity contribution in [3.63, 3.8) is 0 Å². The number of rotatable bonds is 7. The third-order valence-corrected chi connectivity index (χ3v) is 4.72. The van der Waals surface area contributed by atoms with Crippen molar-refractivity contribution in [3.05, 3.63) is 59.5 Å². The number of hydrogen-bond acceptors (Lipinski definition) is 5. The molecule has 1 N–H and O–H groups in total. The first-order chi connectivity index (χ1) is 13.4. The molecule has 2 aromatic rings. The second kappa shape index (κ2) is 8.73. The summed E-state index contributed by atoms with van der Waals surface area (Å²) in [5.74, 6) is -0.949. The minimum absolute atomic E-state index is 0.0806. The van der Waals surface area contributed by atoms with Crippen molar-refractivity contribution in [1.82, 2.24) is 10.2 Å². The van der Waals surface area contributed by atoms with Gasteiger partial charge in [-0.2, -0.15) is 0 Å². The van der Waals surface area contributed by atoms with Gasteiger partial charge in [-0.05, 0) is 31.5 Å². The van der Waals surface area contributed by atoms with Crippen molar-refractivity contribution in [2.75, 3.05) is 6.54 Å². The number of amides is 2. The zero-order valence-electron chi connectivity index (χ0n) is 16.0. The van der Waals surface area contributed by atoms with E-state index in [1.54, 1.807) is 23.3 Å². The number of nitrogens with one attached hydrogen (secondary N) is 1. The molecule has 0 aliphatic carbocycles. The molecule has 28 heavy (non-hydrogen) atoms. The number of aryl methyl sites for hydroxylation is 1. The number of nitrogens with zero attached hydrogens (tertiary/aromatic N) is 1. The minimum atomic E-state index is -0.924. The van der Waals surface area contributed by atoms with E-state index in [0.717, 1.165) is 11.1 Å². The maximum Gasteiger partial charge on any atom is 0.312 e. The van der Waals surface area contributed by atoms with Crippen LogP contribution in [-0.2, 0) is 32.2 Å². The van der Waals surface area contributed by atoms with E-state index in [1.807, 2.05) is 31.2 Å². The van der Waals surface area contributed by atoms with Crippen molar-refractivity contribution in [3.8, 4) is 0 Å². The lowest BCUT2D eigenvalue weighted by molar-refractivity contribution is -0.158. The summed E-state index contributed by atoms with van der Waals surface area (Å²) in [6.45, 7) is 4.46. The largest absolute Gasteiger partial charge is 0.467 e. The predicted molar refractivity (Wildman–Crippen MR) is 101 cm³/mol. The minimum Gasteiger partial charge on any atom is -0.467 e. The smallest absolute Gasteiger partial charge is 0.312 e. The fourth-order valence-corrected chi connectivity index (χ4v) is 3.04. The SMILES string of the molecule is Cc1ccc(CNC(=O)[C@H](C)OC(=O)[C@H]2CC(=O)N(Cc3ccco3)C2)cc1. The van der Waals surface area contributed by atoms with Gasteiger partial charge in [-0.25, -0.2) is 0 Å². The Labute approximate surface area is 163 Å². The lowest BCUT2D eigenvalue weighted by atomic mass is 10.1. The summed E-state index contributed by atoms with van der Waals surface area (Å²) in [5.41, 5.74) is 2.11. The van der Waals surface area contributed by atoms with E-state index in [-0.39, 0.29) is 24.8 Å². The highest BCUT2D eigenvalue weighted by molar-refractivity contribution is 5.88. The Kier molecular flexibility index (Phi) is 6.13. The van der Waals surface area contributed by atoms with Gasteiger partial charge < -0.3 is 19.4 Å². The monoisotopic (exact) mass is 384 g/mol. The number of carbonyl (C=O) groups excluding carboxylic acids is 3. The average molecular weight is 384 g/mol. The molecule has 1 saturated heterocycles. The molecular formula is C21H24N2O5. The summed E-state index contributed by atoms with van der Waals surface area (Å²) in [4.78, 5) is 38.2. The molecule has 148 valence electrons. The van der Waals surface area contributed by atoms with E-state index in [0.29, 0.717) is 18.8 Å². The second-order valence-electron chi connectivity index (χ2n) is 7.04. The molecule has 0 radical (unpaired) electrons. The summed E-state index contributed by atoms with van der Waals surface area (Å²) in [6, 6.07) is 11.3. The Morgan fingerprint density at radius 1 is 1.29 bits per heavy atom. The molecule has 1 aromatic carbocycles. The highest BCUT2D eigenvalue weighted by Crippen LogP contribution is 2.22. The molecule has 2 atom stereocenters. The maximum atomic E-state index is 12.4. The second-order valence-corrected chi connectivity index (χ2v) is 7.04. The summed E-state index contributed by atoms with van der Waals surface area (Å²) in [6.07, 6.45) is 0.697. The van der Waals surface area contributed by atoms with Crippen LogP contribution in [0, 0.1) is 12.8 Å². The first-order valence-electron chi connectivity index (χ1n) is 9.26. The van der Waals surface area contributed by atoms with Crippen LogP contribution in [0.5, 0.6) is 0 Å². The number of ether oxygens (including phenoxy) is 1. The van der Waals surface area contributed by atoms with Gasteiger partial charge in [-0.3, -0.25) is 14.4 Å². The Morgan fingerprint density at radius 3 is 2.71 bits per heavy atom. The molecule has 7 nitrogen and oxygen atoms in total. The predicted octanol–water partition coefficient (Wildman–Crippen LogP) is 2.18. The number of benzene rings is 1. The summed E-state index contributed by atoms with van der Waals surface area (Å²) in [7, 11) is 0. The third-order valence-electron chi connectivity index (χ3n) is 4.72. The van der Waals surface area contributed by atoms with Crippen molar-refractivity contribution >= 4 is 17.8 Å². The van der Waals surface area contributed by atoms with Crippen molar-refractivity contribution in [2.24, 2.45) is 5.92 Å². The lowest BCUT2D eigenvalue weighted by Gasteiger charge is -2.17. The number of furan rings is 1. The number of likely N-dealkylation sites (tertiary alicyclic amines) is 1. The Hall–Kier alpha value is -3.09.